The van der Waals surface area contributed by atoms with Crippen LogP contribution in [0.1, 0.15) is 12.6 Å². The van der Waals surface area contributed by atoms with E-state index in [2.05, 4.69) is 15.2 Å². The molecule has 0 N–H and O–H groups in total. The van der Waals surface area contributed by atoms with Gasteiger partial charge in [-0.3, -0.25) is 0 Å². The minimum absolute atomic E-state index is 0.201. The van der Waals surface area contributed by atoms with E-state index in [1.165, 1.54) is 0 Å². The van der Waals surface area contributed by atoms with E-state index >= 15 is 0 Å². The van der Waals surface area contributed by atoms with Crippen LogP contribution in [0, 0.1) is 0 Å². The number of aromatic nitrogens is 3. The Kier molecular flexibility index (Phi) is 1.95. The number of hydrogen-bond donors (Lipinski definition) is 0. The molecule has 0 spiro atoms. The van der Waals surface area contributed by atoms with E-state index in [4.69, 9.17) is 11.6 Å². The molecule has 48 valence electrons. The van der Waals surface area contributed by atoms with Crippen molar-refractivity contribution in [1.29, 1.82) is 0 Å². The maximum absolute atomic E-state index is 5.38. The molecule has 0 aliphatic heterocycles. The summed E-state index contributed by atoms with van der Waals surface area (Å²) < 4.78 is 0. The maximum Gasteiger partial charge on any atom is 0.242 e. The lowest BCUT2D eigenvalue weighted by Crippen LogP contribution is -1.92. The molecule has 0 saturated heterocycles. The van der Waals surface area contributed by atoms with Crippen LogP contribution in [0.4, 0.5) is 0 Å². The van der Waals surface area contributed by atoms with Gasteiger partial charge in [0, 0.05) is 0 Å². The van der Waals surface area contributed by atoms with Gasteiger partial charge in [-0.05, 0) is 18.0 Å². The molecule has 0 saturated carbocycles. The summed E-state index contributed by atoms with van der Waals surface area (Å²) in [6.45, 7) is 1.99. The van der Waals surface area contributed by atoms with Crippen LogP contribution in [0.3, 0.4) is 0 Å². The van der Waals surface area contributed by atoms with E-state index in [9.17, 15) is 0 Å². The quantitative estimate of drug-likeness (QED) is 0.591. The van der Waals surface area contributed by atoms with Gasteiger partial charge in [-0.15, -0.1) is 5.10 Å². The Morgan fingerprint density at radius 3 is 2.78 bits per heavy atom. The van der Waals surface area contributed by atoms with Gasteiger partial charge in [0.15, 0.2) is 0 Å². The van der Waals surface area contributed by atoms with E-state index in [0.717, 1.165) is 12.1 Å². The second kappa shape index (κ2) is 2.73. The van der Waals surface area contributed by atoms with E-state index in [1.807, 2.05) is 6.92 Å². The molecule has 0 aliphatic rings. The van der Waals surface area contributed by atoms with Crippen molar-refractivity contribution >= 4 is 11.6 Å². The lowest BCUT2D eigenvalue weighted by Gasteiger charge is -1.89. The molecule has 3 nitrogen and oxygen atoms in total. The minimum atomic E-state index is 0.201. The van der Waals surface area contributed by atoms with Crippen molar-refractivity contribution in [2.45, 2.75) is 13.3 Å². The molecule has 0 bridgehead atoms. The van der Waals surface area contributed by atoms with Crippen molar-refractivity contribution in [3.63, 3.8) is 0 Å². The third-order valence-corrected chi connectivity index (χ3v) is 1.12. The Labute approximate surface area is 58.1 Å². The number of aryl methyl sites for hydroxylation is 1. The van der Waals surface area contributed by atoms with Crippen LogP contribution in [0.5, 0.6) is 0 Å². The van der Waals surface area contributed by atoms with Gasteiger partial charge in [0.25, 0.3) is 0 Å². The average molecular weight is 144 g/mol. The molecule has 9 heavy (non-hydrogen) atoms. The van der Waals surface area contributed by atoms with Crippen molar-refractivity contribution in [1.82, 2.24) is 15.2 Å². The molecular formula is C5H6ClN3. The van der Waals surface area contributed by atoms with Crippen molar-refractivity contribution in [2.24, 2.45) is 0 Å². The lowest BCUT2D eigenvalue weighted by atomic mass is 10.4. The predicted octanol–water partition coefficient (Wildman–Crippen LogP) is 1.09. The molecule has 0 aliphatic carbocycles. The van der Waals surface area contributed by atoms with Gasteiger partial charge in [0.2, 0.25) is 5.28 Å². The highest BCUT2D eigenvalue weighted by Crippen LogP contribution is 1.96. The monoisotopic (exact) mass is 143 g/mol. The first-order chi connectivity index (χ1) is 4.33. The Hall–Kier alpha value is -0.700. The summed E-state index contributed by atoms with van der Waals surface area (Å²) >= 11 is 5.38. The summed E-state index contributed by atoms with van der Waals surface area (Å²) in [5.41, 5.74) is 0.861. The van der Waals surface area contributed by atoms with E-state index in [0.29, 0.717) is 0 Å². The van der Waals surface area contributed by atoms with Crippen LogP contribution >= 0.6 is 11.6 Å². The maximum atomic E-state index is 5.38. The number of hydrogen-bond acceptors (Lipinski definition) is 3. The highest BCUT2D eigenvalue weighted by molar-refractivity contribution is 6.28. The zero-order valence-corrected chi connectivity index (χ0v) is 5.76. The molecule has 0 fully saturated rings. The number of rotatable bonds is 1. The zero-order chi connectivity index (χ0) is 6.69. The van der Waals surface area contributed by atoms with Crippen LogP contribution in [-0.2, 0) is 6.42 Å². The summed E-state index contributed by atoms with van der Waals surface area (Å²) in [4.78, 5) is 3.74. The average Bonchev–Trinajstić information content (AvgIpc) is 1.90. The molecule has 1 aromatic rings. The first kappa shape index (κ1) is 6.42. The zero-order valence-electron chi connectivity index (χ0n) is 5.00. The number of halogens is 1. The molecule has 1 aromatic heterocycles. The fourth-order valence-corrected chi connectivity index (χ4v) is 0.533. The summed E-state index contributed by atoms with van der Waals surface area (Å²) in [6.07, 6.45) is 2.46. The molecule has 0 aromatic carbocycles. The van der Waals surface area contributed by atoms with Crippen LogP contribution in [0.25, 0.3) is 0 Å². The van der Waals surface area contributed by atoms with Gasteiger partial charge in [-0.1, -0.05) is 6.92 Å². The summed E-state index contributed by atoms with van der Waals surface area (Å²) in [6, 6.07) is 0. The summed E-state index contributed by atoms with van der Waals surface area (Å²) in [5, 5.41) is 7.51. The predicted molar refractivity (Wildman–Crippen MR) is 34.2 cm³/mol. The normalized spacial score (nSPS) is 9.56. The molecule has 0 radical (unpaired) electrons. The molecule has 0 amide bonds. The van der Waals surface area contributed by atoms with Gasteiger partial charge in [-0.25, -0.2) is 4.98 Å². The Morgan fingerprint density at radius 2 is 2.33 bits per heavy atom. The highest BCUT2D eigenvalue weighted by atomic mass is 35.5. The second-order valence-electron chi connectivity index (χ2n) is 1.57. The van der Waals surface area contributed by atoms with E-state index in [1.54, 1.807) is 6.20 Å². The molecule has 4 heteroatoms. The second-order valence-corrected chi connectivity index (χ2v) is 1.91. The SMILES string of the molecule is CCc1cnc(Cl)nn1. The van der Waals surface area contributed by atoms with Crippen molar-refractivity contribution in [2.75, 3.05) is 0 Å². The van der Waals surface area contributed by atoms with Crippen LogP contribution in [0.15, 0.2) is 6.20 Å². The highest BCUT2D eigenvalue weighted by Gasteiger charge is 1.91. The number of nitrogens with zero attached hydrogens (tertiary/aromatic N) is 3. The fourth-order valence-electron chi connectivity index (χ4n) is 0.447. The van der Waals surface area contributed by atoms with Gasteiger partial charge >= 0.3 is 0 Å². The lowest BCUT2D eigenvalue weighted by molar-refractivity contribution is 0.878. The van der Waals surface area contributed by atoms with E-state index in [-0.39, 0.29) is 5.28 Å². The Bertz CT molecular complexity index is 184. The fraction of sp³-hybridized carbons (Fsp3) is 0.400. The third-order valence-electron chi connectivity index (χ3n) is 0.943. The third kappa shape index (κ3) is 1.61. The summed E-state index contributed by atoms with van der Waals surface area (Å²) in [7, 11) is 0. The Morgan fingerprint density at radius 1 is 1.56 bits per heavy atom. The molecular weight excluding hydrogens is 138 g/mol. The van der Waals surface area contributed by atoms with Crippen molar-refractivity contribution in [3.05, 3.63) is 17.2 Å². The van der Waals surface area contributed by atoms with Crippen molar-refractivity contribution in [3.8, 4) is 0 Å². The van der Waals surface area contributed by atoms with Crippen LogP contribution in [-0.4, -0.2) is 15.2 Å². The van der Waals surface area contributed by atoms with Gasteiger partial charge in [-0.2, -0.15) is 5.10 Å². The molecule has 1 heterocycles. The summed E-state index contributed by atoms with van der Waals surface area (Å²) in [5.74, 6) is 0. The topological polar surface area (TPSA) is 38.7 Å². The Balaban J connectivity index is 2.88. The first-order valence-electron chi connectivity index (χ1n) is 2.67. The standard InChI is InChI=1S/C5H6ClN3/c1-2-4-3-7-5(6)9-8-4/h3H,2H2,1H3. The van der Waals surface area contributed by atoms with Crippen LogP contribution < -0.4 is 0 Å². The smallest absolute Gasteiger partial charge is 0.223 e. The van der Waals surface area contributed by atoms with Gasteiger partial charge in [0.1, 0.15) is 0 Å². The minimum Gasteiger partial charge on any atom is -0.223 e. The van der Waals surface area contributed by atoms with E-state index < -0.39 is 0 Å². The van der Waals surface area contributed by atoms with Crippen LogP contribution in [0.2, 0.25) is 5.28 Å². The first-order valence-corrected chi connectivity index (χ1v) is 3.05. The van der Waals surface area contributed by atoms with Crippen molar-refractivity contribution < 1.29 is 0 Å². The molecule has 0 unspecified atom stereocenters. The molecule has 1 rings (SSSR count). The van der Waals surface area contributed by atoms with Gasteiger partial charge in [0.05, 0.1) is 11.9 Å². The largest absolute Gasteiger partial charge is 0.242 e. The molecule has 0 atom stereocenters. The van der Waals surface area contributed by atoms with Gasteiger partial charge < -0.3 is 0 Å².